The average Bonchev–Trinajstić information content (AvgIpc) is 2.47. The first kappa shape index (κ1) is 12.9. The van der Waals surface area contributed by atoms with Crippen molar-refractivity contribution in [3.05, 3.63) is 53.7 Å². The van der Waals surface area contributed by atoms with E-state index in [4.69, 9.17) is 9.47 Å². The molecule has 0 saturated carbocycles. The van der Waals surface area contributed by atoms with Crippen LogP contribution in [0.4, 0.5) is 11.4 Å². The number of azo groups is 1. The van der Waals surface area contributed by atoms with Gasteiger partial charge in [0.25, 0.3) is 0 Å². The van der Waals surface area contributed by atoms with Crippen LogP contribution >= 0.6 is 0 Å². The van der Waals surface area contributed by atoms with E-state index in [0.717, 1.165) is 0 Å². The molecule has 0 aliphatic rings. The molecule has 98 valence electrons. The van der Waals surface area contributed by atoms with E-state index >= 15 is 0 Å². The minimum absolute atomic E-state index is 0.417. The summed E-state index contributed by atoms with van der Waals surface area (Å²) in [6.07, 6.45) is 0. The first-order valence-corrected chi connectivity index (χ1v) is 5.71. The molecule has 0 aliphatic carbocycles. The van der Waals surface area contributed by atoms with Crippen LogP contribution in [0, 0.1) is 5.21 Å². The standard InChI is InChI=1S/C14H14N2O3/c1-18-13-10-6-9-12(14(13)19-2)15-16(17)11-7-4-3-5-8-11/h3-10H,1-2H3. The third kappa shape index (κ3) is 2.82. The first-order valence-electron chi connectivity index (χ1n) is 5.71. The number of nitrogens with zero attached hydrogens (tertiary/aromatic N) is 2. The fourth-order valence-corrected chi connectivity index (χ4v) is 1.66. The van der Waals surface area contributed by atoms with E-state index in [2.05, 4.69) is 5.11 Å². The Morgan fingerprint density at radius 2 is 1.68 bits per heavy atom. The highest BCUT2D eigenvalue weighted by Crippen LogP contribution is 2.37. The quantitative estimate of drug-likeness (QED) is 0.478. The lowest BCUT2D eigenvalue weighted by Crippen LogP contribution is -1.93. The van der Waals surface area contributed by atoms with Gasteiger partial charge in [-0.05, 0) is 17.0 Å². The van der Waals surface area contributed by atoms with Crippen molar-refractivity contribution in [1.29, 1.82) is 0 Å². The molecule has 0 aromatic heterocycles. The zero-order valence-corrected chi connectivity index (χ0v) is 10.7. The summed E-state index contributed by atoms with van der Waals surface area (Å²) >= 11 is 0. The lowest BCUT2D eigenvalue weighted by atomic mass is 10.3. The van der Waals surface area contributed by atoms with Crippen LogP contribution in [0.3, 0.4) is 0 Å². The Morgan fingerprint density at radius 3 is 2.32 bits per heavy atom. The summed E-state index contributed by atoms with van der Waals surface area (Å²) in [5.41, 5.74) is 0.869. The fourth-order valence-electron chi connectivity index (χ4n) is 1.66. The summed E-state index contributed by atoms with van der Waals surface area (Å²) in [4.78, 5) is 0.553. The van der Waals surface area contributed by atoms with Gasteiger partial charge >= 0.3 is 0 Å². The van der Waals surface area contributed by atoms with Crippen LogP contribution < -0.4 is 9.47 Å². The van der Waals surface area contributed by atoms with Crippen molar-refractivity contribution in [2.24, 2.45) is 5.11 Å². The molecular formula is C14H14N2O3. The Balaban J connectivity index is 2.43. The van der Waals surface area contributed by atoms with Gasteiger partial charge in [-0.1, -0.05) is 24.3 Å². The Hall–Kier alpha value is -2.56. The summed E-state index contributed by atoms with van der Waals surface area (Å²) in [5.74, 6) is 0.965. The topological polar surface area (TPSA) is 56.9 Å². The zero-order chi connectivity index (χ0) is 13.7. The van der Waals surface area contributed by atoms with Gasteiger partial charge in [0, 0.05) is 17.2 Å². The number of methoxy groups -OCH3 is 2. The summed E-state index contributed by atoms with van der Waals surface area (Å²) < 4.78 is 10.4. The number of hydrogen-bond acceptors (Lipinski definition) is 4. The highest BCUT2D eigenvalue weighted by Gasteiger charge is 2.12. The highest BCUT2D eigenvalue weighted by molar-refractivity contribution is 5.59. The Morgan fingerprint density at radius 1 is 0.947 bits per heavy atom. The molecule has 0 radical (unpaired) electrons. The molecule has 0 unspecified atom stereocenters. The van der Waals surface area contributed by atoms with E-state index < -0.39 is 0 Å². The van der Waals surface area contributed by atoms with Gasteiger partial charge in [0.15, 0.2) is 17.2 Å². The van der Waals surface area contributed by atoms with Crippen molar-refractivity contribution in [3.8, 4) is 11.5 Å². The third-order valence-electron chi connectivity index (χ3n) is 2.56. The van der Waals surface area contributed by atoms with E-state index in [1.807, 2.05) is 6.07 Å². The minimum Gasteiger partial charge on any atom is -0.594 e. The number of benzene rings is 2. The van der Waals surface area contributed by atoms with Crippen LogP contribution in [-0.2, 0) is 0 Å². The molecule has 19 heavy (non-hydrogen) atoms. The van der Waals surface area contributed by atoms with E-state index in [0.29, 0.717) is 27.7 Å². The number of para-hydroxylation sites is 2. The molecule has 0 atom stereocenters. The summed E-state index contributed by atoms with van der Waals surface area (Å²) in [6.45, 7) is 0. The van der Waals surface area contributed by atoms with Crippen molar-refractivity contribution in [3.63, 3.8) is 0 Å². The van der Waals surface area contributed by atoms with Crippen molar-refractivity contribution in [1.82, 2.24) is 0 Å². The molecule has 0 aliphatic heterocycles. The van der Waals surface area contributed by atoms with E-state index in [1.165, 1.54) is 14.2 Å². The summed E-state index contributed by atoms with van der Waals surface area (Å²) in [6, 6.07) is 13.9. The lowest BCUT2D eigenvalue weighted by Gasteiger charge is -2.08. The Bertz CT molecular complexity index is 582. The molecule has 0 spiro atoms. The second kappa shape index (κ2) is 5.86. The molecule has 0 heterocycles. The van der Waals surface area contributed by atoms with Gasteiger partial charge in [0.05, 0.1) is 14.2 Å². The maximum atomic E-state index is 11.9. The van der Waals surface area contributed by atoms with Crippen molar-refractivity contribution in [2.75, 3.05) is 14.2 Å². The number of hydrogen-bond donors (Lipinski definition) is 0. The second-order valence-corrected chi connectivity index (χ2v) is 3.72. The van der Waals surface area contributed by atoms with E-state index in [9.17, 15) is 5.21 Å². The molecule has 2 aromatic carbocycles. The molecule has 2 rings (SSSR count). The molecule has 0 N–H and O–H groups in total. The molecular weight excluding hydrogens is 244 g/mol. The van der Waals surface area contributed by atoms with Crippen molar-refractivity contribution < 1.29 is 14.3 Å². The van der Waals surface area contributed by atoms with E-state index in [1.54, 1.807) is 42.5 Å². The summed E-state index contributed by atoms with van der Waals surface area (Å²) in [7, 11) is 3.04. The van der Waals surface area contributed by atoms with Gasteiger partial charge in [0.2, 0.25) is 5.69 Å². The largest absolute Gasteiger partial charge is 0.594 e. The number of ether oxygens (including phenoxy) is 2. The predicted molar refractivity (Wildman–Crippen MR) is 71.4 cm³/mol. The third-order valence-corrected chi connectivity index (χ3v) is 2.56. The molecule has 2 aromatic rings. The Kier molecular flexibility index (Phi) is 3.97. The lowest BCUT2D eigenvalue weighted by molar-refractivity contribution is -0.435. The predicted octanol–water partition coefficient (Wildman–Crippen LogP) is 3.63. The second-order valence-electron chi connectivity index (χ2n) is 3.72. The van der Waals surface area contributed by atoms with Crippen LogP contribution in [0.2, 0.25) is 0 Å². The minimum atomic E-state index is 0.417. The highest BCUT2D eigenvalue weighted by atomic mass is 16.5. The van der Waals surface area contributed by atoms with E-state index in [-0.39, 0.29) is 0 Å². The molecule has 5 heteroatoms. The van der Waals surface area contributed by atoms with Crippen LogP contribution in [0.5, 0.6) is 11.5 Å². The maximum Gasteiger partial charge on any atom is 0.244 e. The SMILES string of the molecule is COc1cccc(N=[N+]([O-])c2ccccc2)c1OC. The van der Waals surface area contributed by atoms with Crippen LogP contribution in [-0.4, -0.2) is 19.1 Å². The summed E-state index contributed by atoms with van der Waals surface area (Å²) in [5, 5.41) is 15.9. The van der Waals surface area contributed by atoms with Gasteiger partial charge < -0.3 is 14.7 Å². The van der Waals surface area contributed by atoms with Gasteiger partial charge in [-0.2, -0.15) is 0 Å². The fraction of sp³-hybridized carbons (Fsp3) is 0.143. The normalized spacial score (nSPS) is 11.2. The Labute approximate surface area is 111 Å². The molecule has 0 fully saturated rings. The molecule has 0 saturated heterocycles. The van der Waals surface area contributed by atoms with Gasteiger partial charge in [0.1, 0.15) is 0 Å². The first-order chi connectivity index (χ1) is 9.26. The average molecular weight is 258 g/mol. The molecule has 0 amide bonds. The van der Waals surface area contributed by atoms with Gasteiger partial charge in [-0.25, -0.2) is 0 Å². The van der Waals surface area contributed by atoms with Gasteiger partial charge in [-0.15, -0.1) is 0 Å². The molecule has 0 bridgehead atoms. The smallest absolute Gasteiger partial charge is 0.244 e. The zero-order valence-electron chi connectivity index (χ0n) is 10.7. The molecule has 5 nitrogen and oxygen atoms in total. The number of rotatable bonds is 4. The van der Waals surface area contributed by atoms with Crippen LogP contribution in [0.25, 0.3) is 0 Å². The van der Waals surface area contributed by atoms with Crippen molar-refractivity contribution >= 4 is 11.4 Å². The van der Waals surface area contributed by atoms with Crippen LogP contribution in [0.1, 0.15) is 0 Å². The van der Waals surface area contributed by atoms with Gasteiger partial charge in [-0.3, -0.25) is 0 Å². The van der Waals surface area contributed by atoms with Crippen LogP contribution in [0.15, 0.2) is 53.6 Å². The maximum absolute atomic E-state index is 11.9. The van der Waals surface area contributed by atoms with Crippen molar-refractivity contribution in [2.45, 2.75) is 0 Å². The monoisotopic (exact) mass is 258 g/mol.